The SMILES string of the molecule is CN=C(NCc1nc(C(C)C)cs1)NCC(NC(=O)OC(C)(C)C)C(C)C.I. The molecule has 0 saturated heterocycles. The molecule has 162 valence electrons. The van der Waals surface area contributed by atoms with Crippen molar-refractivity contribution in [2.24, 2.45) is 10.9 Å². The van der Waals surface area contributed by atoms with E-state index in [2.05, 4.69) is 59.0 Å². The Morgan fingerprint density at radius 1 is 1.25 bits per heavy atom. The van der Waals surface area contributed by atoms with Crippen LogP contribution in [0.25, 0.3) is 0 Å². The maximum absolute atomic E-state index is 12.0. The van der Waals surface area contributed by atoms with Gasteiger partial charge in [-0.3, -0.25) is 4.99 Å². The molecule has 0 fully saturated rings. The third-order valence-electron chi connectivity index (χ3n) is 3.79. The lowest BCUT2D eigenvalue weighted by Crippen LogP contribution is -2.50. The Hall–Kier alpha value is -1.10. The van der Waals surface area contributed by atoms with Crippen LogP contribution in [-0.2, 0) is 11.3 Å². The number of rotatable bonds is 7. The molecule has 0 aromatic carbocycles. The summed E-state index contributed by atoms with van der Waals surface area (Å²) in [5, 5.41) is 12.6. The Bertz CT molecular complexity index is 626. The molecule has 1 rings (SSSR count). The van der Waals surface area contributed by atoms with Crippen molar-refractivity contribution in [3.63, 3.8) is 0 Å². The van der Waals surface area contributed by atoms with Gasteiger partial charge < -0.3 is 20.7 Å². The number of amides is 1. The highest BCUT2D eigenvalue weighted by Gasteiger charge is 2.21. The van der Waals surface area contributed by atoms with E-state index in [1.54, 1.807) is 18.4 Å². The first kappa shape index (κ1) is 26.9. The predicted octanol–water partition coefficient (Wildman–Crippen LogP) is 4.10. The third kappa shape index (κ3) is 10.4. The van der Waals surface area contributed by atoms with E-state index in [-0.39, 0.29) is 35.9 Å². The molecule has 3 N–H and O–H groups in total. The molecule has 0 spiro atoms. The van der Waals surface area contributed by atoms with E-state index in [9.17, 15) is 4.79 Å². The fraction of sp³-hybridized carbons (Fsp3) is 0.737. The number of aliphatic imine (C=N–C) groups is 1. The van der Waals surface area contributed by atoms with E-state index < -0.39 is 11.7 Å². The standard InChI is InChI=1S/C19H35N5O2S.HI/c1-12(2)14(24-18(25)26-19(5,6)7)9-21-17(20-8)22-10-16-23-15(11-27-16)13(3)4;/h11-14H,9-10H2,1-8H3,(H,24,25)(H2,20,21,22);1H. The van der Waals surface area contributed by atoms with Crippen LogP contribution in [-0.4, -0.2) is 42.3 Å². The van der Waals surface area contributed by atoms with Gasteiger partial charge in [0.1, 0.15) is 10.6 Å². The summed E-state index contributed by atoms with van der Waals surface area (Å²) in [6, 6.07) is -0.0780. The fourth-order valence-corrected chi connectivity index (χ4v) is 3.07. The van der Waals surface area contributed by atoms with Gasteiger partial charge in [0.25, 0.3) is 0 Å². The van der Waals surface area contributed by atoms with Crippen molar-refractivity contribution >= 4 is 47.4 Å². The minimum absolute atomic E-state index is 0. The summed E-state index contributed by atoms with van der Waals surface area (Å²) in [5.74, 6) is 1.35. The lowest BCUT2D eigenvalue weighted by atomic mass is 10.0. The largest absolute Gasteiger partial charge is 0.444 e. The van der Waals surface area contributed by atoms with Gasteiger partial charge in [0.15, 0.2) is 5.96 Å². The average Bonchev–Trinajstić information content (AvgIpc) is 3.01. The summed E-state index contributed by atoms with van der Waals surface area (Å²) in [5.41, 5.74) is 0.598. The monoisotopic (exact) mass is 525 g/mol. The van der Waals surface area contributed by atoms with Crippen LogP contribution in [0.5, 0.6) is 0 Å². The molecule has 1 aromatic rings. The summed E-state index contributed by atoms with van der Waals surface area (Å²) in [6.45, 7) is 15.1. The van der Waals surface area contributed by atoms with Crippen molar-refractivity contribution < 1.29 is 9.53 Å². The van der Waals surface area contributed by atoms with Crippen LogP contribution in [0, 0.1) is 5.92 Å². The highest BCUT2D eigenvalue weighted by Crippen LogP contribution is 2.17. The molecule has 9 heteroatoms. The van der Waals surface area contributed by atoms with E-state index in [4.69, 9.17) is 4.74 Å². The first-order chi connectivity index (χ1) is 12.5. The topological polar surface area (TPSA) is 87.6 Å². The number of halogens is 1. The first-order valence-corrected chi connectivity index (χ1v) is 10.3. The predicted molar refractivity (Wildman–Crippen MR) is 128 cm³/mol. The van der Waals surface area contributed by atoms with Gasteiger partial charge in [0.05, 0.1) is 18.3 Å². The van der Waals surface area contributed by atoms with E-state index in [0.29, 0.717) is 25.0 Å². The Kier molecular flexibility index (Phi) is 12.0. The van der Waals surface area contributed by atoms with Crippen LogP contribution in [0.1, 0.15) is 65.1 Å². The minimum Gasteiger partial charge on any atom is -0.444 e. The molecule has 0 aliphatic heterocycles. The van der Waals surface area contributed by atoms with Gasteiger partial charge in [-0.25, -0.2) is 9.78 Å². The van der Waals surface area contributed by atoms with E-state index >= 15 is 0 Å². The first-order valence-electron chi connectivity index (χ1n) is 9.40. The molecule has 0 radical (unpaired) electrons. The van der Waals surface area contributed by atoms with E-state index in [0.717, 1.165) is 10.7 Å². The van der Waals surface area contributed by atoms with Gasteiger partial charge in [0.2, 0.25) is 0 Å². The molecule has 1 aromatic heterocycles. The Balaban J connectivity index is 0.00000729. The summed E-state index contributed by atoms with van der Waals surface area (Å²) < 4.78 is 5.35. The number of thiazole rings is 1. The van der Waals surface area contributed by atoms with E-state index in [1.165, 1.54) is 0 Å². The van der Waals surface area contributed by atoms with Crippen molar-refractivity contribution in [2.45, 2.75) is 72.6 Å². The number of guanidine groups is 1. The lowest BCUT2D eigenvalue weighted by molar-refractivity contribution is 0.0491. The minimum atomic E-state index is -0.515. The zero-order valence-electron chi connectivity index (χ0n) is 18.3. The molecule has 0 aliphatic carbocycles. The maximum Gasteiger partial charge on any atom is 0.407 e. The smallest absolute Gasteiger partial charge is 0.407 e. The molecule has 1 heterocycles. The normalized spacial score (nSPS) is 13.1. The van der Waals surface area contributed by atoms with Crippen LogP contribution < -0.4 is 16.0 Å². The molecule has 1 amide bonds. The zero-order valence-corrected chi connectivity index (χ0v) is 21.4. The lowest BCUT2D eigenvalue weighted by Gasteiger charge is -2.26. The summed E-state index contributed by atoms with van der Waals surface area (Å²) >= 11 is 1.64. The van der Waals surface area contributed by atoms with Gasteiger partial charge in [-0.1, -0.05) is 27.7 Å². The van der Waals surface area contributed by atoms with Gasteiger partial charge in [-0.2, -0.15) is 0 Å². The highest BCUT2D eigenvalue weighted by atomic mass is 127. The number of alkyl carbamates (subject to hydrolysis) is 1. The molecular weight excluding hydrogens is 489 g/mol. The molecule has 1 atom stereocenters. The second kappa shape index (κ2) is 12.5. The maximum atomic E-state index is 12.0. The van der Waals surface area contributed by atoms with Crippen molar-refractivity contribution in [3.8, 4) is 0 Å². The molecule has 0 saturated carbocycles. The Morgan fingerprint density at radius 3 is 2.36 bits per heavy atom. The number of nitrogens with zero attached hydrogens (tertiary/aromatic N) is 2. The van der Waals surface area contributed by atoms with Crippen LogP contribution in [0.3, 0.4) is 0 Å². The summed E-state index contributed by atoms with van der Waals surface area (Å²) in [7, 11) is 1.72. The number of hydrogen-bond donors (Lipinski definition) is 3. The number of carbonyl (C=O) groups is 1. The molecular formula is C19H36IN5O2S. The van der Waals surface area contributed by atoms with Gasteiger partial charge in [-0.05, 0) is 32.6 Å². The molecule has 0 bridgehead atoms. The van der Waals surface area contributed by atoms with Crippen LogP contribution in [0.4, 0.5) is 4.79 Å². The van der Waals surface area contributed by atoms with Crippen molar-refractivity contribution in [3.05, 3.63) is 16.1 Å². The molecule has 1 unspecified atom stereocenters. The van der Waals surface area contributed by atoms with Crippen molar-refractivity contribution in [1.29, 1.82) is 0 Å². The summed E-state index contributed by atoms with van der Waals surface area (Å²) in [6.07, 6.45) is -0.407. The third-order valence-corrected chi connectivity index (χ3v) is 4.66. The van der Waals surface area contributed by atoms with Crippen LogP contribution >= 0.6 is 35.3 Å². The van der Waals surface area contributed by atoms with Gasteiger partial charge in [-0.15, -0.1) is 35.3 Å². The zero-order chi connectivity index (χ0) is 20.6. The van der Waals surface area contributed by atoms with Crippen molar-refractivity contribution in [1.82, 2.24) is 20.9 Å². The highest BCUT2D eigenvalue weighted by molar-refractivity contribution is 14.0. The Labute approximate surface area is 190 Å². The van der Waals surface area contributed by atoms with E-state index in [1.807, 2.05) is 20.8 Å². The quantitative estimate of drug-likeness (QED) is 0.284. The number of ether oxygens (including phenoxy) is 1. The fourth-order valence-electron chi connectivity index (χ4n) is 2.17. The van der Waals surface area contributed by atoms with Gasteiger partial charge in [0, 0.05) is 19.0 Å². The number of nitrogens with one attached hydrogen (secondary N) is 3. The van der Waals surface area contributed by atoms with Crippen LogP contribution in [0.15, 0.2) is 10.4 Å². The molecule has 7 nitrogen and oxygen atoms in total. The van der Waals surface area contributed by atoms with Crippen molar-refractivity contribution in [2.75, 3.05) is 13.6 Å². The average molecular weight is 526 g/mol. The van der Waals surface area contributed by atoms with Crippen LogP contribution in [0.2, 0.25) is 0 Å². The molecule has 0 aliphatic rings. The number of carbonyl (C=O) groups excluding carboxylic acids is 1. The molecule has 28 heavy (non-hydrogen) atoms. The number of hydrogen-bond acceptors (Lipinski definition) is 5. The summed E-state index contributed by atoms with van der Waals surface area (Å²) in [4.78, 5) is 20.9. The van der Waals surface area contributed by atoms with Gasteiger partial charge >= 0.3 is 6.09 Å². The second-order valence-electron chi connectivity index (χ2n) is 8.12. The second-order valence-corrected chi connectivity index (χ2v) is 9.07. The Morgan fingerprint density at radius 2 is 1.89 bits per heavy atom. The number of aromatic nitrogens is 1.